The molecule has 1 N–H and O–H groups in total. The molecule has 0 radical (unpaired) electrons. The van der Waals surface area contributed by atoms with E-state index in [0.29, 0.717) is 19.3 Å². The van der Waals surface area contributed by atoms with Gasteiger partial charge in [0.1, 0.15) is 6.61 Å². The van der Waals surface area contributed by atoms with Gasteiger partial charge in [-0.25, -0.2) is 4.79 Å². The molecule has 0 saturated carbocycles. The molecule has 0 amide bonds. The lowest BCUT2D eigenvalue weighted by molar-refractivity contribution is -0.887. The minimum absolute atomic E-state index is 0.0523. The third-order valence-electron chi connectivity index (χ3n) is 12.3. The van der Waals surface area contributed by atoms with Gasteiger partial charge in [0, 0.05) is 19.3 Å². The van der Waals surface area contributed by atoms with E-state index in [4.69, 9.17) is 14.2 Å². The van der Waals surface area contributed by atoms with Gasteiger partial charge in [0.05, 0.1) is 34.4 Å². The lowest BCUT2D eigenvalue weighted by Gasteiger charge is -2.31. The van der Waals surface area contributed by atoms with Crippen LogP contribution in [0.3, 0.4) is 0 Å². The predicted octanol–water partition coefficient (Wildman–Crippen LogP) is 15.8. The first-order chi connectivity index (χ1) is 31.1. The van der Waals surface area contributed by atoms with Gasteiger partial charge in [0.15, 0.2) is 12.1 Å². The third-order valence-corrected chi connectivity index (χ3v) is 12.3. The summed E-state index contributed by atoms with van der Waals surface area (Å²) < 4.78 is 17.4. The van der Waals surface area contributed by atoms with Crippen molar-refractivity contribution in [3.63, 3.8) is 0 Å². The Labute approximate surface area is 395 Å². The van der Waals surface area contributed by atoms with E-state index in [0.717, 1.165) is 38.5 Å². The fraction of sp³-hybridized carbons (Fsp3) is 0.839. The van der Waals surface area contributed by atoms with Crippen LogP contribution in [-0.4, -0.2) is 80.6 Å². The minimum atomic E-state index is -0.874. The van der Waals surface area contributed by atoms with Crippen molar-refractivity contribution in [1.29, 1.82) is 0 Å². The molecule has 0 aromatic carbocycles. The molecule has 2 unspecified atom stereocenters. The highest BCUT2D eigenvalue weighted by atomic mass is 16.6. The summed E-state index contributed by atoms with van der Waals surface area (Å²) in [7, 11) is 5.54. The number of carbonyl (C=O) groups excluding carboxylic acids is 2. The van der Waals surface area contributed by atoms with E-state index >= 15 is 0 Å². The fourth-order valence-corrected chi connectivity index (χ4v) is 8.08. The number of esters is 2. The van der Waals surface area contributed by atoms with Crippen molar-refractivity contribution in [2.24, 2.45) is 0 Å². The highest BCUT2D eigenvalue weighted by Gasteiger charge is 2.31. The van der Waals surface area contributed by atoms with E-state index < -0.39 is 18.1 Å². The number of carbonyl (C=O) groups is 3. The maximum atomic E-state index is 12.8. The molecular formula is C56H104NO7+. The van der Waals surface area contributed by atoms with Gasteiger partial charge >= 0.3 is 17.9 Å². The van der Waals surface area contributed by atoms with Crippen molar-refractivity contribution in [1.82, 2.24) is 0 Å². The Balaban J connectivity index is 4.21. The first-order valence-corrected chi connectivity index (χ1v) is 27.0. The average Bonchev–Trinajstić information content (AvgIpc) is 3.26. The van der Waals surface area contributed by atoms with Crippen LogP contribution < -0.4 is 0 Å². The van der Waals surface area contributed by atoms with Gasteiger partial charge < -0.3 is 23.8 Å². The fourth-order valence-electron chi connectivity index (χ4n) is 8.08. The summed E-state index contributed by atoms with van der Waals surface area (Å²) in [6.07, 6.45) is 56.2. The molecule has 0 aromatic heterocycles. The lowest BCUT2D eigenvalue weighted by atomic mass is 10.1. The predicted molar refractivity (Wildman–Crippen MR) is 271 cm³/mol. The molecule has 0 heterocycles. The van der Waals surface area contributed by atoms with Gasteiger partial charge in [-0.05, 0) is 64.2 Å². The largest absolute Gasteiger partial charge is 0.477 e. The molecule has 0 saturated heterocycles. The van der Waals surface area contributed by atoms with Crippen molar-refractivity contribution >= 4 is 17.9 Å². The number of nitrogens with zero attached hydrogens (tertiary/aromatic N) is 1. The van der Waals surface area contributed by atoms with Crippen LogP contribution in [0, 0.1) is 0 Å². The second kappa shape index (κ2) is 47.1. The zero-order chi connectivity index (χ0) is 47.0. The third kappa shape index (κ3) is 44.7. The lowest BCUT2D eigenvalue weighted by Crippen LogP contribution is -2.50. The highest BCUT2D eigenvalue weighted by molar-refractivity contribution is 5.72. The summed E-state index contributed by atoms with van der Waals surface area (Å²) in [6, 6.07) is -0.616. The first-order valence-electron chi connectivity index (χ1n) is 27.0. The second-order valence-corrected chi connectivity index (χ2v) is 19.5. The van der Waals surface area contributed by atoms with Crippen molar-refractivity contribution in [2.45, 2.75) is 264 Å². The molecule has 0 fully saturated rings. The van der Waals surface area contributed by atoms with Crippen LogP contribution in [0.4, 0.5) is 0 Å². The van der Waals surface area contributed by atoms with Crippen molar-refractivity contribution in [2.75, 3.05) is 41.0 Å². The van der Waals surface area contributed by atoms with Crippen LogP contribution in [-0.2, 0) is 28.6 Å². The Morgan fingerprint density at radius 3 is 1.23 bits per heavy atom. The highest BCUT2D eigenvalue weighted by Crippen LogP contribution is 2.16. The molecule has 0 aromatic rings. The summed E-state index contributed by atoms with van der Waals surface area (Å²) in [5, 5.41) is 9.66. The molecule has 2 atom stereocenters. The number of likely N-dealkylation sites (N-methyl/N-ethyl adjacent to an activating group) is 1. The van der Waals surface area contributed by atoms with Gasteiger partial charge in [-0.1, -0.05) is 204 Å². The van der Waals surface area contributed by atoms with E-state index in [1.807, 2.05) is 21.1 Å². The normalized spacial score (nSPS) is 13.1. The number of quaternary nitrogens is 1. The molecule has 8 nitrogen and oxygen atoms in total. The van der Waals surface area contributed by atoms with E-state index in [1.165, 1.54) is 180 Å². The number of ether oxygens (including phenoxy) is 3. The summed E-state index contributed by atoms with van der Waals surface area (Å²) >= 11 is 0. The van der Waals surface area contributed by atoms with Crippen molar-refractivity contribution in [3.05, 3.63) is 36.5 Å². The number of carboxylic acids is 1. The molecule has 0 aliphatic heterocycles. The number of aliphatic carboxylic acids is 1. The SMILES string of the molecule is CCCCCC/C=C/C=C/CCCCCCCCCCCCC(=O)OCC(COCCC(C(=O)O)[N+](C)(C)C)OC(=O)CCCCCCCCC/C=C/CCCCCCCCCCC. The zero-order valence-corrected chi connectivity index (χ0v) is 42.7. The maximum Gasteiger partial charge on any atom is 0.362 e. The van der Waals surface area contributed by atoms with Gasteiger partial charge in [-0.2, -0.15) is 0 Å². The molecule has 0 rings (SSSR count). The topological polar surface area (TPSA) is 99.1 Å². The van der Waals surface area contributed by atoms with Crippen LogP contribution >= 0.6 is 0 Å². The molecule has 8 heteroatoms. The van der Waals surface area contributed by atoms with E-state index in [-0.39, 0.29) is 36.2 Å². The molecule has 0 bridgehead atoms. The van der Waals surface area contributed by atoms with Gasteiger partial charge in [-0.3, -0.25) is 9.59 Å². The van der Waals surface area contributed by atoms with Crippen LogP contribution in [0.5, 0.6) is 0 Å². The summed E-state index contributed by atoms with van der Waals surface area (Å²) in [5.74, 6) is -1.46. The summed E-state index contributed by atoms with van der Waals surface area (Å²) in [5.41, 5.74) is 0. The minimum Gasteiger partial charge on any atom is -0.477 e. The van der Waals surface area contributed by atoms with E-state index in [2.05, 4.69) is 50.3 Å². The van der Waals surface area contributed by atoms with Gasteiger partial charge in [0.2, 0.25) is 0 Å². The molecular weight excluding hydrogens is 799 g/mol. The van der Waals surface area contributed by atoms with Crippen LogP contribution in [0.15, 0.2) is 36.5 Å². The Hall–Kier alpha value is -2.45. The molecule has 0 aliphatic rings. The van der Waals surface area contributed by atoms with Gasteiger partial charge in [0.25, 0.3) is 0 Å². The van der Waals surface area contributed by atoms with Gasteiger partial charge in [-0.15, -0.1) is 0 Å². The Kier molecular flexibility index (Phi) is 45.3. The first kappa shape index (κ1) is 61.5. The standard InChI is InChI=1S/C56H103NO7/c1-6-8-10-12-14-16-18-20-22-24-26-28-30-32-34-36-38-40-42-44-46-54(58)63-51-52(50-62-49-48-53(56(60)61)57(3,4)5)64-55(59)47-45-43-41-39-37-35-33-31-29-27-25-23-21-19-17-15-13-11-9-7-2/h16,18,20,22,27,29,52-53H,6-15,17,19,21,23-26,28,30-51H2,1-5H3/p+1/b18-16+,22-20+,29-27+. The molecule has 64 heavy (non-hydrogen) atoms. The quantitative estimate of drug-likeness (QED) is 0.0213. The molecule has 0 aliphatic carbocycles. The van der Waals surface area contributed by atoms with E-state index in [1.54, 1.807) is 0 Å². The van der Waals surface area contributed by atoms with E-state index in [9.17, 15) is 19.5 Å². The Morgan fingerprint density at radius 1 is 0.469 bits per heavy atom. The number of hydrogen-bond acceptors (Lipinski definition) is 6. The zero-order valence-electron chi connectivity index (χ0n) is 42.7. The maximum absolute atomic E-state index is 12.8. The average molecular weight is 903 g/mol. The number of carboxylic acid groups (broad SMARTS) is 1. The summed E-state index contributed by atoms with van der Waals surface area (Å²) in [6.45, 7) is 4.75. The van der Waals surface area contributed by atoms with Crippen molar-refractivity contribution in [3.8, 4) is 0 Å². The Bertz CT molecular complexity index is 1140. The number of allylic oxidation sites excluding steroid dienone is 6. The number of rotatable bonds is 49. The number of unbranched alkanes of at least 4 members (excludes halogenated alkanes) is 30. The smallest absolute Gasteiger partial charge is 0.362 e. The second-order valence-electron chi connectivity index (χ2n) is 19.5. The molecule has 0 spiro atoms. The van der Waals surface area contributed by atoms with Crippen LogP contribution in [0.1, 0.15) is 251 Å². The van der Waals surface area contributed by atoms with Crippen molar-refractivity contribution < 1.29 is 38.2 Å². The van der Waals surface area contributed by atoms with Crippen LogP contribution in [0.25, 0.3) is 0 Å². The molecule has 374 valence electrons. The summed E-state index contributed by atoms with van der Waals surface area (Å²) in [4.78, 5) is 37.2. The Morgan fingerprint density at radius 2 is 0.828 bits per heavy atom. The monoisotopic (exact) mass is 903 g/mol. The number of hydrogen-bond donors (Lipinski definition) is 1. The van der Waals surface area contributed by atoms with Crippen LogP contribution in [0.2, 0.25) is 0 Å².